The van der Waals surface area contributed by atoms with Crippen LogP contribution >= 0.6 is 0 Å². The molecule has 26 heavy (non-hydrogen) atoms. The van der Waals surface area contributed by atoms with Gasteiger partial charge in [-0.05, 0) is 24.8 Å². The van der Waals surface area contributed by atoms with E-state index in [0.29, 0.717) is 18.2 Å². The molecule has 0 fully saturated rings. The fourth-order valence-electron chi connectivity index (χ4n) is 2.46. The molecule has 1 amide bonds. The molecule has 1 N–H and O–H groups in total. The van der Waals surface area contributed by atoms with E-state index in [0.717, 1.165) is 25.7 Å². The van der Waals surface area contributed by atoms with Crippen molar-refractivity contribution in [1.29, 1.82) is 0 Å². The second kappa shape index (κ2) is 11.0. The summed E-state index contributed by atoms with van der Waals surface area (Å²) in [5, 5.41) is 10.7. The highest BCUT2D eigenvalue weighted by Crippen LogP contribution is 2.09. The number of aromatic nitrogens is 2. The number of unbranched alkanes of at least 4 members (excludes halogenated alkanes) is 1. The molecule has 0 aliphatic carbocycles. The number of nitrogens with one attached hydrogen (secondary N) is 1. The van der Waals surface area contributed by atoms with Crippen LogP contribution < -0.4 is 5.32 Å². The summed E-state index contributed by atoms with van der Waals surface area (Å²) in [6.07, 6.45) is 4.61. The van der Waals surface area contributed by atoms with Crippen molar-refractivity contribution in [2.75, 3.05) is 13.7 Å². The summed E-state index contributed by atoms with van der Waals surface area (Å²) in [6, 6.07) is 10.4. The van der Waals surface area contributed by atoms with Crippen LogP contribution in [0.25, 0.3) is 0 Å². The molecule has 7 heteroatoms. The average Bonchev–Trinajstić information content (AvgIpc) is 3.12. The number of nitrogens with zero attached hydrogens (tertiary/aromatic N) is 2. The monoisotopic (exact) mass is 359 g/mol. The average molecular weight is 359 g/mol. The molecule has 0 spiro atoms. The molecular weight excluding hydrogens is 334 g/mol. The predicted octanol–water partition coefficient (Wildman–Crippen LogP) is 2.25. The number of benzene rings is 1. The third-order valence-electron chi connectivity index (χ3n) is 3.90. The van der Waals surface area contributed by atoms with Gasteiger partial charge in [-0.25, -0.2) is 0 Å². The van der Waals surface area contributed by atoms with Crippen LogP contribution in [0.3, 0.4) is 0 Å². The molecule has 0 saturated carbocycles. The van der Waals surface area contributed by atoms with E-state index in [1.54, 1.807) is 0 Å². The van der Waals surface area contributed by atoms with Crippen LogP contribution in [0.1, 0.15) is 43.0 Å². The fourth-order valence-corrected chi connectivity index (χ4v) is 2.46. The number of carbonyl (C=O) groups is 2. The molecule has 0 atom stereocenters. The first kappa shape index (κ1) is 19.6. The first-order valence-electron chi connectivity index (χ1n) is 8.86. The maximum Gasteiger partial charge on any atom is 0.307 e. The van der Waals surface area contributed by atoms with Gasteiger partial charge in [-0.2, -0.15) is 0 Å². The highest BCUT2D eigenvalue weighted by molar-refractivity contribution is 5.77. The van der Waals surface area contributed by atoms with E-state index in [4.69, 9.17) is 4.42 Å². The Bertz CT molecular complexity index is 685. The zero-order chi connectivity index (χ0) is 18.6. The van der Waals surface area contributed by atoms with Gasteiger partial charge in [-0.3, -0.25) is 9.59 Å². The Morgan fingerprint density at radius 2 is 1.69 bits per heavy atom. The quantitative estimate of drug-likeness (QED) is 0.488. The minimum absolute atomic E-state index is 0.156. The molecule has 0 bridgehead atoms. The predicted molar refractivity (Wildman–Crippen MR) is 95.3 cm³/mol. The van der Waals surface area contributed by atoms with E-state index in [1.807, 2.05) is 18.2 Å². The lowest BCUT2D eigenvalue weighted by molar-refractivity contribution is -0.140. The Balaban J connectivity index is 1.60. The number of carbonyl (C=O) groups excluding carboxylic acids is 2. The summed E-state index contributed by atoms with van der Waals surface area (Å²) in [7, 11) is 1.32. The normalized spacial score (nSPS) is 10.5. The van der Waals surface area contributed by atoms with Crippen molar-refractivity contribution in [1.82, 2.24) is 15.5 Å². The Labute approximate surface area is 153 Å². The molecule has 1 aromatic carbocycles. The van der Waals surface area contributed by atoms with Crippen molar-refractivity contribution in [3.05, 3.63) is 47.7 Å². The van der Waals surface area contributed by atoms with Crippen LogP contribution in [0.4, 0.5) is 0 Å². The second-order valence-electron chi connectivity index (χ2n) is 5.96. The molecule has 1 aromatic heterocycles. The molecule has 2 aromatic rings. The van der Waals surface area contributed by atoms with Gasteiger partial charge < -0.3 is 14.5 Å². The van der Waals surface area contributed by atoms with Gasteiger partial charge >= 0.3 is 5.97 Å². The van der Waals surface area contributed by atoms with E-state index in [2.05, 4.69) is 32.4 Å². The third-order valence-corrected chi connectivity index (χ3v) is 3.90. The van der Waals surface area contributed by atoms with Gasteiger partial charge in [0.05, 0.1) is 13.5 Å². The van der Waals surface area contributed by atoms with E-state index in [1.165, 1.54) is 12.7 Å². The van der Waals surface area contributed by atoms with E-state index >= 15 is 0 Å². The Hall–Kier alpha value is -2.70. The number of hydrogen-bond donors (Lipinski definition) is 1. The molecular formula is C19H25N3O4. The van der Waals surface area contributed by atoms with Crippen LogP contribution in [0, 0.1) is 0 Å². The standard InChI is InChI=1S/C19H25N3O4/c1-25-19(24)13-14-20-16(23)11-12-18-22-21-17(26-18)10-6-5-9-15-7-3-2-4-8-15/h2-4,7-8H,5-6,9-14H2,1H3,(H,20,23). The Morgan fingerprint density at radius 1 is 1.00 bits per heavy atom. The first-order chi connectivity index (χ1) is 12.7. The van der Waals surface area contributed by atoms with Crippen molar-refractivity contribution in [2.45, 2.75) is 44.9 Å². The molecule has 0 radical (unpaired) electrons. The van der Waals surface area contributed by atoms with Crippen LogP contribution in [0.15, 0.2) is 34.7 Å². The van der Waals surface area contributed by atoms with Crippen molar-refractivity contribution < 1.29 is 18.7 Å². The van der Waals surface area contributed by atoms with E-state index in [9.17, 15) is 9.59 Å². The minimum Gasteiger partial charge on any atom is -0.469 e. The van der Waals surface area contributed by atoms with Gasteiger partial charge in [0.25, 0.3) is 0 Å². The number of ether oxygens (including phenoxy) is 1. The third kappa shape index (κ3) is 7.46. The molecule has 0 saturated heterocycles. The molecule has 1 heterocycles. The summed E-state index contributed by atoms with van der Waals surface area (Å²) in [4.78, 5) is 22.6. The Kier molecular flexibility index (Phi) is 8.32. The zero-order valence-electron chi connectivity index (χ0n) is 15.1. The Morgan fingerprint density at radius 3 is 2.42 bits per heavy atom. The number of amides is 1. The van der Waals surface area contributed by atoms with Crippen molar-refractivity contribution in [3.63, 3.8) is 0 Å². The van der Waals surface area contributed by atoms with Crippen LogP contribution in [-0.2, 0) is 33.6 Å². The number of rotatable bonds is 11. The van der Waals surface area contributed by atoms with E-state index in [-0.39, 0.29) is 31.3 Å². The van der Waals surface area contributed by atoms with E-state index < -0.39 is 0 Å². The zero-order valence-corrected chi connectivity index (χ0v) is 15.1. The number of methoxy groups -OCH3 is 1. The van der Waals surface area contributed by atoms with Gasteiger partial charge in [0.2, 0.25) is 17.7 Å². The van der Waals surface area contributed by atoms with Crippen molar-refractivity contribution >= 4 is 11.9 Å². The highest BCUT2D eigenvalue weighted by Gasteiger charge is 2.09. The van der Waals surface area contributed by atoms with Gasteiger partial charge in [0, 0.05) is 25.8 Å². The molecule has 0 aliphatic rings. The molecule has 2 rings (SSSR count). The number of hydrogen-bond acceptors (Lipinski definition) is 6. The summed E-state index contributed by atoms with van der Waals surface area (Å²) in [5.41, 5.74) is 1.33. The van der Waals surface area contributed by atoms with Crippen LogP contribution in [0.2, 0.25) is 0 Å². The molecule has 7 nitrogen and oxygen atoms in total. The second-order valence-corrected chi connectivity index (χ2v) is 5.96. The topological polar surface area (TPSA) is 94.3 Å². The SMILES string of the molecule is COC(=O)CCNC(=O)CCc1nnc(CCCCc2ccccc2)o1. The number of esters is 1. The van der Waals surface area contributed by atoms with Crippen LogP contribution in [-0.4, -0.2) is 35.7 Å². The molecule has 140 valence electrons. The summed E-state index contributed by atoms with van der Waals surface area (Å²) >= 11 is 0. The summed E-state index contributed by atoms with van der Waals surface area (Å²) in [6.45, 7) is 0.266. The van der Waals surface area contributed by atoms with Gasteiger partial charge in [-0.15, -0.1) is 10.2 Å². The lowest BCUT2D eigenvalue weighted by Crippen LogP contribution is -2.26. The molecule has 0 unspecified atom stereocenters. The largest absolute Gasteiger partial charge is 0.469 e. The maximum atomic E-state index is 11.7. The van der Waals surface area contributed by atoms with Crippen molar-refractivity contribution in [3.8, 4) is 0 Å². The van der Waals surface area contributed by atoms with Crippen molar-refractivity contribution in [2.24, 2.45) is 0 Å². The maximum absolute atomic E-state index is 11.7. The summed E-state index contributed by atoms with van der Waals surface area (Å²) in [5.74, 6) is 0.570. The van der Waals surface area contributed by atoms with Crippen LogP contribution in [0.5, 0.6) is 0 Å². The minimum atomic E-state index is -0.348. The lowest BCUT2D eigenvalue weighted by atomic mass is 10.1. The van der Waals surface area contributed by atoms with Gasteiger partial charge in [-0.1, -0.05) is 30.3 Å². The lowest BCUT2D eigenvalue weighted by Gasteiger charge is -2.02. The smallest absolute Gasteiger partial charge is 0.307 e. The number of aryl methyl sites for hydroxylation is 3. The van der Waals surface area contributed by atoms with Gasteiger partial charge in [0.15, 0.2) is 0 Å². The molecule has 0 aliphatic heterocycles. The fraction of sp³-hybridized carbons (Fsp3) is 0.474. The highest BCUT2D eigenvalue weighted by atomic mass is 16.5. The summed E-state index contributed by atoms with van der Waals surface area (Å²) < 4.78 is 10.1. The van der Waals surface area contributed by atoms with Gasteiger partial charge in [0.1, 0.15) is 0 Å². The first-order valence-corrected chi connectivity index (χ1v) is 8.86.